The minimum Gasteiger partial charge on any atom is -0.486 e. The third-order valence-corrected chi connectivity index (χ3v) is 2.70. The molecule has 1 atom stereocenters. The van der Waals surface area contributed by atoms with Gasteiger partial charge in [0, 0.05) is 0 Å². The Bertz CT molecular complexity index is 534. The van der Waals surface area contributed by atoms with E-state index in [2.05, 4.69) is 0 Å². The molecule has 1 unspecified atom stereocenters. The van der Waals surface area contributed by atoms with Gasteiger partial charge in [0.2, 0.25) is 6.29 Å². The summed E-state index contributed by atoms with van der Waals surface area (Å²) in [6, 6.07) is 17.9. The maximum Gasteiger partial charge on any atom is 0.214 e. The lowest BCUT2D eigenvalue weighted by atomic mass is 9.97. The highest BCUT2D eigenvalue weighted by Crippen LogP contribution is 2.15. The summed E-state index contributed by atoms with van der Waals surface area (Å²) >= 11 is 0. The maximum absolute atomic E-state index is 12.0. The van der Waals surface area contributed by atoms with E-state index in [0.29, 0.717) is 11.3 Å². The van der Waals surface area contributed by atoms with E-state index in [1.54, 1.807) is 42.7 Å². The van der Waals surface area contributed by atoms with Gasteiger partial charge in [-0.2, -0.15) is 0 Å². The van der Waals surface area contributed by atoms with Gasteiger partial charge in [-0.25, -0.2) is 0 Å². The highest BCUT2D eigenvalue weighted by Gasteiger charge is 2.21. The van der Waals surface area contributed by atoms with E-state index < -0.39 is 5.92 Å². The van der Waals surface area contributed by atoms with Crippen LogP contribution in [-0.4, -0.2) is 18.7 Å². The van der Waals surface area contributed by atoms with Crippen molar-refractivity contribution in [2.45, 2.75) is 5.92 Å². The molecule has 3 nitrogen and oxygen atoms in total. The Morgan fingerprint density at radius 2 is 1.58 bits per heavy atom. The number of carbonyl (C=O) groups is 1. The summed E-state index contributed by atoms with van der Waals surface area (Å²) in [5.41, 5.74) is 0.638. The van der Waals surface area contributed by atoms with Crippen molar-refractivity contribution >= 4 is 12.1 Å². The molecular formula is C16H13O3. The molecule has 1 radical (unpaired) electrons. The molecule has 0 saturated heterocycles. The SMILES string of the molecule is O=[C]C(C(=O)COc1ccccc1)c1ccccc1. The topological polar surface area (TPSA) is 43.4 Å². The third kappa shape index (κ3) is 3.52. The van der Waals surface area contributed by atoms with E-state index in [-0.39, 0.29) is 12.4 Å². The number of para-hydroxylation sites is 1. The second kappa shape index (κ2) is 6.50. The van der Waals surface area contributed by atoms with Gasteiger partial charge in [-0.15, -0.1) is 0 Å². The van der Waals surface area contributed by atoms with Crippen LogP contribution in [0.5, 0.6) is 5.75 Å². The normalized spacial score (nSPS) is 11.6. The summed E-state index contributed by atoms with van der Waals surface area (Å²) in [5, 5.41) is 0. The van der Waals surface area contributed by atoms with Crippen LogP contribution in [0.15, 0.2) is 60.7 Å². The molecule has 0 bridgehead atoms. The van der Waals surface area contributed by atoms with Crippen molar-refractivity contribution < 1.29 is 14.3 Å². The number of ether oxygens (including phenoxy) is 1. The van der Waals surface area contributed by atoms with Crippen LogP contribution in [0.1, 0.15) is 11.5 Å². The molecule has 2 aromatic rings. The molecule has 0 aliphatic rings. The lowest BCUT2D eigenvalue weighted by molar-refractivity contribution is -0.121. The fourth-order valence-corrected chi connectivity index (χ4v) is 1.72. The predicted octanol–water partition coefficient (Wildman–Crippen LogP) is 2.53. The number of hydrogen-bond donors (Lipinski definition) is 0. The zero-order chi connectivity index (χ0) is 13.5. The smallest absolute Gasteiger partial charge is 0.214 e. The van der Waals surface area contributed by atoms with Crippen molar-refractivity contribution in [1.82, 2.24) is 0 Å². The van der Waals surface area contributed by atoms with Crippen LogP contribution < -0.4 is 4.74 Å². The van der Waals surface area contributed by atoms with E-state index in [1.165, 1.54) is 0 Å². The van der Waals surface area contributed by atoms with Gasteiger partial charge in [0.1, 0.15) is 18.3 Å². The summed E-state index contributed by atoms with van der Waals surface area (Å²) < 4.78 is 5.34. The van der Waals surface area contributed by atoms with Gasteiger partial charge in [-0.05, 0) is 17.7 Å². The lowest BCUT2D eigenvalue weighted by Crippen LogP contribution is -2.21. The minimum absolute atomic E-state index is 0.140. The van der Waals surface area contributed by atoms with Crippen LogP contribution in [0.25, 0.3) is 0 Å². The number of benzene rings is 2. The Balaban J connectivity index is 2.00. The molecule has 0 aromatic heterocycles. The first kappa shape index (κ1) is 13.0. The Morgan fingerprint density at radius 3 is 2.16 bits per heavy atom. The summed E-state index contributed by atoms with van der Waals surface area (Å²) in [6.07, 6.45) is 1.77. The molecule has 0 N–H and O–H groups in total. The second-order valence-electron chi connectivity index (χ2n) is 4.03. The highest BCUT2D eigenvalue weighted by molar-refractivity contribution is 6.00. The van der Waals surface area contributed by atoms with Gasteiger partial charge in [0.15, 0.2) is 5.78 Å². The molecule has 2 aromatic carbocycles. The first-order chi connectivity index (χ1) is 9.31. The zero-order valence-corrected chi connectivity index (χ0v) is 10.3. The molecule has 0 amide bonds. The molecule has 2 rings (SSSR count). The van der Waals surface area contributed by atoms with Crippen molar-refractivity contribution in [2.75, 3.05) is 6.61 Å². The zero-order valence-electron chi connectivity index (χ0n) is 10.3. The van der Waals surface area contributed by atoms with Crippen LogP contribution in [0.3, 0.4) is 0 Å². The van der Waals surface area contributed by atoms with Crippen molar-refractivity contribution in [1.29, 1.82) is 0 Å². The molecule has 3 heteroatoms. The van der Waals surface area contributed by atoms with Crippen LogP contribution in [0.2, 0.25) is 0 Å². The van der Waals surface area contributed by atoms with Crippen molar-refractivity contribution in [3.05, 3.63) is 66.2 Å². The maximum atomic E-state index is 12.0. The van der Waals surface area contributed by atoms with Gasteiger partial charge in [0.05, 0.1) is 0 Å². The average Bonchev–Trinajstić information content (AvgIpc) is 2.48. The van der Waals surface area contributed by atoms with E-state index in [0.717, 1.165) is 0 Å². The third-order valence-electron chi connectivity index (χ3n) is 2.70. The number of carbonyl (C=O) groups excluding carboxylic acids is 2. The van der Waals surface area contributed by atoms with Crippen LogP contribution >= 0.6 is 0 Å². The monoisotopic (exact) mass is 253 g/mol. The van der Waals surface area contributed by atoms with Gasteiger partial charge in [0.25, 0.3) is 0 Å². The standard InChI is InChI=1S/C16H13O3/c17-11-15(13-7-3-1-4-8-13)16(18)12-19-14-9-5-2-6-10-14/h1-10,15H,12H2. The molecule has 0 fully saturated rings. The van der Waals surface area contributed by atoms with Crippen LogP contribution in [0, 0.1) is 0 Å². The van der Waals surface area contributed by atoms with Gasteiger partial charge in [-0.3, -0.25) is 9.59 Å². The van der Waals surface area contributed by atoms with E-state index >= 15 is 0 Å². The summed E-state index contributed by atoms with van der Waals surface area (Å²) in [7, 11) is 0. The molecule has 0 aliphatic heterocycles. The molecule has 95 valence electrons. The van der Waals surface area contributed by atoms with Gasteiger partial charge < -0.3 is 4.74 Å². The minimum atomic E-state index is -0.884. The first-order valence-corrected chi connectivity index (χ1v) is 5.94. The summed E-state index contributed by atoms with van der Waals surface area (Å²) in [6.45, 7) is -0.140. The molecule has 0 spiro atoms. The molecule has 0 saturated carbocycles. The second-order valence-corrected chi connectivity index (χ2v) is 4.03. The van der Waals surface area contributed by atoms with Crippen LogP contribution in [0.4, 0.5) is 0 Å². The Kier molecular flexibility index (Phi) is 4.45. The lowest BCUT2D eigenvalue weighted by Gasteiger charge is -2.10. The Morgan fingerprint density at radius 1 is 1.00 bits per heavy atom. The fraction of sp³-hybridized carbons (Fsp3) is 0.125. The van der Waals surface area contributed by atoms with E-state index in [9.17, 15) is 9.59 Å². The Hall–Kier alpha value is -2.42. The molecule has 0 aliphatic carbocycles. The number of ketones is 1. The number of Topliss-reactive ketones (excluding diaryl/α,β-unsaturated/α-hetero) is 1. The largest absolute Gasteiger partial charge is 0.486 e. The molecule has 19 heavy (non-hydrogen) atoms. The van der Waals surface area contributed by atoms with Gasteiger partial charge >= 0.3 is 0 Å². The van der Waals surface area contributed by atoms with Crippen LogP contribution in [-0.2, 0) is 9.59 Å². The van der Waals surface area contributed by atoms with Crippen molar-refractivity contribution in [3.8, 4) is 5.75 Å². The highest BCUT2D eigenvalue weighted by atomic mass is 16.5. The predicted molar refractivity (Wildman–Crippen MR) is 71.8 cm³/mol. The van der Waals surface area contributed by atoms with Gasteiger partial charge in [-0.1, -0.05) is 48.5 Å². The Labute approximate surface area is 111 Å². The number of rotatable bonds is 6. The van der Waals surface area contributed by atoms with E-state index in [1.807, 2.05) is 24.3 Å². The van der Waals surface area contributed by atoms with Crippen molar-refractivity contribution in [2.24, 2.45) is 0 Å². The molecular weight excluding hydrogens is 240 g/mol. The fourth-order valence-electron chi connectivity index (χ4n) is 1.72. The first-order valence-electron chi connectivity index (χ1n) is 5.94. The summed E-state index contributed by atoms with van der Waals surface area (Å²) in [4.78, 5) is 22.9. The van der Waals surface area contributed by atoms with Crippen molar-refractivity contribution in [3.63, 3.8) is 0 Å². The summed E-state index contributed by atoms with van der Waals surface area (Å²) in [5.74, 6) is -0.580. The average molecular weight is 253 g/mol. The quantitative estimate of drug-likeness (QED) is 0.743. The number of hydrogen-bond acceptors (Lipinski definition) is 3. The van der Waals surface area contributed by atoms with E-state index in [4.69, 9.17) is 4.74 Å². The molecule has 0 heterocycles.